The summed E-state index contributed by atoms with van der Waals surface area (Å²) in [7, 11) is 0. The van der Waals surface area contributed by atoms with Gasteiger partial charge in [0, 0.05) is 30.9 Å². The van der Waals surface area contributed by atoms with Crippen LogP contribution in [0, 0.1) is 0 Å². The van der Waals surface area contributed by atoms with Gasteiger partial charge in [-0.3, -0.25) is 57.7 Å². The third-order valence-electron chi connectivity index (χ3n) is 7.72. The van der Waals surface area contributed by atoms with E-state index in [9.17, 15) is 57.8 Å². The van der Waals surface area contributed by atoms with Gasteiger partial charge < -0.3 is 70.6 Å². The highest BCUT2D eigenvalue weighted by atomic mass is 32.1. The molecule has 0 aromatic carbocycles. The van der Waals surface area contributed by atoms with Crippen molar-refractivity contribution in [3.05, 3.63) is 0 Å². The van der Waals surface area contributed by atoms with Gasteiger partial charge in [-0.05, 0) is 25.7 Å². The molecule has 1 rings (SSSR count). The van der Waals surface area contributed by atoms with E-state index in [2.05, 4.69) is 72.8 Å². The zero-order chi connectivity index (χ0) is 43.2. The molecule has 27 heteroatoms. The first-order chi connectivity index (χ1) is 26.8. The molecule has 17 N–H and O–H groups in total. The van der Waals surface area contributed by atoms with Gasteiger partial charge in [-0.15, -0.1) is 0 Å². The molecule has 6 atom stereocenters. The van der Waals surface area contributed by atoms with E-state index in [4.69, 9.17) is 22.9 Å². The minimum atomic E-state index is -1.67. The Morgan fingerprint density at radius 2 is 0.965 bits per heavy atom. The first kappa shape index (κ1) is 49.2. The van der Waals surface area contributed by atoms with Crippen molar-refractivity contribution in [1.82, 2.24) is 42.5 Å². The Morgan fingerprint density at radius 3 is 1.40 bits per heavy atom. The van der Waals surface area contributed by atoms with Gasteiger partial charge in [0.1, 0.15) is 36.3 Å². The van der Waals surface area contributed by atoms with Crippen LogP contribution in [0.4, 0.5) is 0 Å². The van der Waals surface area contributed by atoms with E-state index in [0.717, 1.165) is 0 Å². The lowest BCUT2D eigenvalue weighted by atomic mass is 10.1. The van der Waals surface area contributed by atoms with Crippen LogP contribution in [0.25, 0.3) is 0 Å². The van der Waals surface area contributed by atoms with E-state index in [1.165, 1.54) is 0 Å². The van der Waals surface area contributed by atoms with Gasteiger partial charge in [0.15, 0.2) is 5.96 Å². The lowest BCUT2D eigenvalue weighted by Crippen LogP contribution is -2.60. The zero-order valence-electron chi connectivity index (χ0n) is 30.5. The summed E-state index contributed by atoms with van der Waals surface area (Å²) < 4.78 is 0. The van der Waals surface area contributed by atoms with Crippen LogP contribution in [0.15, 0.2) is 4.99 Å². The summed E-state index contributed by atoms with van der Waals surface area (Å²) in [6.45, 7) is -1.58. The predicted molar refractivity (Wildman–Crippen MR) is 204 cm³/mol. The monoisotopic (exact) mass is 847 g/mol. The maximum absolute atomic E-state index is 13.4. The molecular formula is C30H49N13O12S2. The average molecular weight is 848 g/mol. The maximum atomic E-state index is 13.4. The van der Waals surface area contributed by atoms with E-state index in [1.54, 1.807) is 0 Å². The minimum Gasteiger partial charge on any atom is -0.481 e. The van der Waals surface area contributed by atoms with Crippen LogP contribution in [0.2, 0.25) is 0 Å². The number of amides is 10. The van der Waals surface area contributed by atoms with Gasteiger partial charge in [0.25, 0.3) is 0 Å². The molecule has 1 aliphatic rings. The molecule has 10 amide bonds. The average Bonchev–Trinajstić information content (AvgIpc) is 3.13. The third kappa shape index (κ3) is 19.5. The Kier molecular flexibility index (Phi) is 21.8. The summed E-state index contributed by atoms with van der Waals surface area (Å²) >= 11 is 8.12. The van der Waals surface area contributed by atoms with Crippen molar-refractivity contribution in [3.63, 3.8) is 0 Å². The Hall–Kier alpha value is -5.86. The molecule has 318 valence electrons. The quantitative estimate of drug-likeness (QED) is 0.0334. The number of hydrogen-bond acceptors (Lipinski definition) is 14. The largest absolute Gasteiger partial charge is 0.481 e. The Balaban J connectivity index is 3.60. The fourth-order valence-corrected chi connectivity index (χ4v) is 5.34. The van der Waals surface area contributed by atoms with Crippen molar-refractivity contribution in [1.29, 1.82) is 0 Å². The summed E-state index contributed by atoms with van der Waals surface area (Å²) in [5, 5.41) is 27.5. The molecule has 0 radical (unpaired) electrons. The molecule has 25 nitrogen and oxygen atoms in total. The first-order valence-electron chi connectivity index (χ1n) is 17.2. The van der Waals surface area contributed by atoms with Crippen LogP contribution in [0.1, 0.15) is 44.9 Å². The van der Waals surface area contributed by atoms with Crippen molar-refractivity contribution in [2.75, 3.05) is 31.1 Å². The molecule has 0 aromatic heterocycles. The topological polar surface area (TPSA) is 421 Å². The molecule has 1 saturated heterocycles. The van der Waals surface area contributed by atoms with Crippen molar-refractivity contribution >= 4 is 96.3 Å². The van der Waals surface area contributed by atoms with Crippen LogP contribution < -0.4 is 65.5 Å². The van der Waals surface area contributed by atoms with Gasteiger partial charge in [-0.25, -0.2) is 0 Å². The Morgan fingerprint density at radius 1 is 0.561 bits per heavy atom. The summed E-state index contributed by atoms with van der Waals surface area (Å²) in [5.41, 5.74) is 21.1. The number of carbonyl (C=O) groups excluding carboxylic acids is 10. The highest BCUT2D eigenvalue weighted by Crippen LogP contribution is 2.06. The number of thiol groups is 2. The van der Waals surface area contributed by atoms with Crippen LogP contribution in [0.5, 0.6) is 0 Å². The summed E-state index contributed by atoms with van der Waals surface area (Å²) in [6, 6.07) is -9.25. The molecule has 0 unspecified atom stereocenters. The van der Waals surface area contributed by atoms with Gasteiger partial charge >= 0.3 is 5.97 Å². The molecule has 0 aliphatic carbocycles. The molecule has 0 aromatic rings. The van der Waals surface area contributed by atoms with Crippen molar-refractivity contribution in [2.45, 2.75) is 81.2 Å². The number of carboxylic acids is 1. The maximum Gasteiger partial charge on any atom is 0.303 e. The molecule has 57 heavy (non-hydrogen) atoms. The second-order valence-corrected chi connectivity index (χ2v) is 13.1. The van der Waals surface area contributed by atoms with E-state index >= 15 is 0 Å². The van der Waals surface area contributed by atoms with Crippen molar-refractivity contribution in [2.24, 2.45) is 27.9 Å². The smallest absolute Gasteiger partial charge is 0.303 e. The first-order valence-corrected chi connectivity index (χ1v) is 18.4. The number of nitrogens with one attached hydrogen (secondary N) is 8. The van der Waals surface area contributed by atoms with E-state index in [0.29, 0.717) is 0 Å². The number of rotatable bonds is 14. The van der Waals surface area contributed by atoms with Crippen molar-refractivity contribution in [3.8, 4) is 0 Å². The number of hydrogen-bond donors (Lipinski definition) is 15. The standard InChI is InChI=1S/C30H49N13O12S2/c31-19(44)5-3-15-27(53)42-18(12-57)29(55)43-17(11-56)28(54)41-16(8-20(32)45)25(51)37-10-21(46)38-13(2-1-7-35-30(33)34)24(50)36-9-22(47)39-14(26(52)40-15)4-6-23(48)49/h13-18,56-57H,1-12H2,(H2,31,44)(H2,32,45)(H,36,50)(H,37,51)(H,38,46)(H,39,47)(H,40,52)(H,41,54)(H,42,53)(H,43,55)(H,48,49)(H4,33,34,35)/t13-,14-,15-,16-,17+,18+/m0/s1. The molecule has 0 saturated carbocycles. The molecule has 0 spiro atoms. The molecule has 1 aliphatic heterocycles. The fraction of sp³-hybridized carbons (Fsp3) is 0.600. The number of carbonyl (C=O) groups is 11. The Labute approximate surface area is 336 Å². The summed E-state index contributed by atoms with van der Waals surface area (Å²) in [4.78, 5) is 144. The zero-order valence-corrected chi connectivity index (χ0v) is 32.3. The molecule has 0 bridgehead atoms. The number of nitrogens with two attached hydrogens (primary N) is 4. The van der Waals surface area contributed by atoms with Crippen LogP contribution in [-0.2, 0) is 52.7 Å². The van der Waals surface area contributed by atoms with Crippen LogP contribution in [0.3, 0.4) is 0 Å². The van der Waals surface area contributed by atoms with Gasteiger partial charge in [0.2, 0.25) is 59.1 Å². The minimum absolute atomic E-state index is 0.0234. The number of primary amides is 2. The van der Waals surface area contributed by atoms with Crippen LogP contribution >= 0.6 is 25.3 Å². The van der Waals surface area contributed by atoms with E-state index in [1.807, 2.05) is 0 Å². The Bertz CT molecular complexity index is 1560. The lowest BCUT2D eigenvalue weighted by molar-refractivity contribution is -0.138. The number of aliphatic imine (C=N–C) groups is 1. The van der Waals surface area contributed by atoms with E-state index < -0.39 is 146 Å². The number of aliphatic carboxylic acids is 1. The second-order valence-electron chi connectivity index (χ2n) is 12.3. The van der Waals surface area contributed by atoms with Crippen molar-refractivity contribution < 1.29 is 57.8 Å². The highest BCUT2D eigenvalue weighted by Gasteiger charge is 2.33. The molecule has 1 fully saturated rings. The third-order valence-corrected chi connectivity index (χ3v) is 8.45. The normalized spacial score (nSPS) is 23.7. The summed E-state index contributed by atoms with van der Waals surface area (Å²) in [6.07, 6.45) is -2.77. The number of nitrogens with zero attached hydrogens (tertiary/aromatic N) is 1. The molecule has 1 heterocycles. The highest BCUT2D eigenvalue weighted by molar-refractivity contribution is 7.80. The van der Waals surface area contributed by atoms with Crippen LogP contribution in [-0.4, -0.2) is 143 Å². The lowest BCUT2D eigenvalue weighted by Gasteiger charge is -2.26. The number of guanidine groups is 1. The summed E-state index contributed by atoms with van der Waals surface area (Å²) in [5.74, 6) is -12.4. The fourth-order valence-electron chi connectivity index (χ4n) is 4.82. The number of carboxylic acid groups (broad SMARTS) is 1. The second kappa shape index (κ2) is 25.3. The van der Waals surface area contributed by atoms with Gasteiger partial charge in [-0.1, -0.05) is 0 Å². The SMILES string of the molecule is NC(=O)CC[C@@H]1NC(=O)[C@H](CCC(=O)O)NC(=O)CNC(=O)[C@H](CCCN=C(N)N)NC(=O)CNC(=O)[C@H](CC(N)=O)NC(=O)[C@@H](CS)NC(=O)[C@@H](CS)NC1=O. The van der Waals surface area contributed by atoms with Gasteiger partial charge in [0.05, 0.1) is 19.5 Å². The van der Waals surface area contributed by atoms with E-state index in [-0.39, 0.29) is 36.9 Å². The predicted octanol–water partition coefficient (Wildman–Crippen LogP) is -7.94. The van der Waals surface area contributed by atoms with Gasteiger partial charge in [-0.2, -0.15) is 25.3 Å². The molecular weight excluding hydrogens is 799 g/mol.